The summed E-state index contributed by atoms with van der Waals surface area (Å²) >= 11 is 0. The van der Waals surface area contributed by atoms with Gasteiger partial charge in [0.15, 0.2) is 6.61 Å². The lowest BCUT2D eigenvalue weighted by Gasteiger charge is -2.32. The summed E-state index contributed by atoms with van der Waals surface area (Å²) in [6.45, 7) is 6.09. The zero-order chi connectivity index (χ0) is 21.7. The van der Waals surface area contributed by atoms with Crippen LogP contribution in [0.1, 0.15) is 63.6 Å². The topological polar surface area (TPSA) is 84.9 Å². The van der Waals surface area contributed by atoms with Crippen molar-refractivity contribution in [3.05, 3.63) is 35.4 Å². The molecule has 1 heterocycles. The first kappa shape index (κ1) is 22.1. The molecule has 7 heteroatoms. The third kappa shape index (κ3) is 5.97. The number of nitrogens with zero attached hydrogens (tertiary/aromatic N) is 1. The highest BCUT2D eigenvalue weighted by atomic mass is 16.6. The smallest absolute Gasteiger partial charge is 0.410 e. The Morgan fingerprint density at radius 3 is 2.50 bits per heavy atom. The summed E-state index contributed by atoms with van der Waals surface area (Å²) in [5, 5.41) is 2.99. The van der Waals surface area contributed by atoms with Crippen molar-refractivity contribution in [3.8, 4) is 0 Å². The van der Waals surface area contributed by atoms with Crippen LogP contribution in [-0.2, 0) is 25.5 Å². The van der Waals surface area contributed by atoms with Crippen molar-refractivity contribution in [2.45, 2.75) is 64.5 Å². The number of nitrogens with one attached hydrogen (secondary N) is 1. The van der Waals surface area contributed by atoms with Crippen molar-refractivity contribution in [3.63, 3.8) is 0 Å². The molecule has 0 unspecified atom stereocenters. The van der Waals surface area contributed by atoms with Gasteiger partial charge in [-0.25, -0.2) is 4.79 Å². The monoisotopic (exact) mass is 416 g/mol. The number of carbonyl (C=O) groups excluding carboxylic acids is 3. The van der Waals surface area contributed by atoms with Gasteiger partial charge in [0.2, 0.25) is 0 Å². The number of aryl methyl sites for hydroxylation is 1. The van der Waals surface area contributed by atoms with Gasteiger partial charge in [-0.05, 0) is 64.0 Å². The maximum Gasteiger partial charge on any atom is 0.410 e. The van der Waals surface area contributed by atoms with E-state index in [1.54, 1.807) is 4.90 Å². The van der Waals surface area contributed by atoms with Gasteiger partial charge >= 0.3 is 12.1 Å². The number of amides is 2. The van der Waals surface area contributed by atoms with Gasteiger partial charge in [-0.1, -0.05) is 24.3 Å². The van der Waals surface area contributed by atoms with E-state index in [-0.39, 0.29) is 36.5 Å². The molecule has 7 nitrogen and oxygen atoms in total. The van der Waals surface area contributed by atoms with Gasteiger partial charge in [-0.3, -0.25) is 9.59 Å². The van der Waals surface area contributed by atoms with Crippen LogP contribution in [0.3, 0.4) is 0 Å². The normalized spacial score (nSPS) is 19.6. The molecule has 1 aromatic carbocycles. The molecular formula is C23H32N2O5. The van der Waals surface area contributed by atoms with E-state index in [2.05, 4.69) is 11.4 Å². The van der Waals surface area contributed by atoms with Gasteiger partial charge in [0.05, 0.1) is 12.0 Å². The molecule has 1 N–H and O–H groups in total. The molecule has 30 heavy (non-hydrogen) atoms. The van der Waals surface area contributed by atoms with Crippen LogP contribution in [0, 0.1) is 5.92 Å². The fourth-order valence-electron chi connectivity index (χ4n) is 4.02. The Balaban J connectivity index is 1.41. The molecule has 2 aliphatic rings. The number of fused-ring (bicyclic) bond motifs is 1. The number of ether oxygens (including phenoxy) is 2. The second-order valence-electron chi connectivity index (χ2n) is 9.06. The SMILES string of the molecule is CC(C)(C)OC(=O)N1CCC(C(=O)OCC(=O)N[C@@H]2CCCc3ccccc32)CC1. The van der Waals surface area contributed by atoms with E-state index in [0.29, 0.717) is 25.9 Å². The van der Waals surface area contributed by atoms with Crippen LogP contribution in [0.2, 0.25) is 0 Å². The molecule has 3 rings (SSSR count). The Labute approximate surface area is 178 Å². The van der Waals surface area contributed by atoms with Crippen LogP contribution >= 0.6 is 0 Å². The van der Waals surface area contributed by atoms with Crippen molar-refractivity contribution in [1.29, 1.82) is 0 Å². The second kappa shape index (κ2) is 9.49. The van der Waals surface area contributed by atoms with Crippen molar-refractivity contribution >= 4 is 18.0 Å². The van der Waals surface area contributed by atoms with Gasteiger partial charge < -0.3 is 19.7 Å². The van der Waals surface area contributed by atoms with E-state index < -0.39 is 5.60 Å². The maximum absolute atomic E-state index is 12.4. The molecule has 0 saturated carbocycles. The summed E-state index contributed by atoms with van der Waals surface area (Å²) in [5.74, 6) is -0.957. The van der Waals surface area contributed by atoms with Crippen LogP contribution in [0.25, 0.3) is 0 Å². The van der Waals surface area contributed by atoms with Crippen LogP contribution < -0.4 is 5.32 Å². The van der Waals surface area contributed by atoms with E-state index >= 15 is 0 Å². The lowest BCUT2D eigenvalue weighted by atomic mass is 9.88. The van der Waals surface area contributed by atoms with Crippen molar-refractivity contribution < 1.29 is 23.9 Å². The molecule has 1 aliphatic carbocycles. The highest BCUT2D eigenvalue weighted by Crippen LogP contribution is 2.29. The predicted molar refractivity (Wildman–Crippen MR) is 112 cm³/mol. The highest BCUT2D eigenvalue weighted by Gasteiger charge is 2.31. The van der Waals surface area contributed by atoms with Crippen molar-refractivity contribution in [1.82, 2.24) is 10.2 Å². The Morgan fingerprint density at radius 1 is 1.10 bits per heavy atom. The van der Waals surface area contributed by atoms with E-state index in [0.717, 1.165) is 24.8 Å². The van der Waals surface area contributed by atoms with Crippen LogP contribution in [0.15, 0.2) is 24.3 Å². The number of hydrogen-bond donors (Lipinski definition) is 1. The number of piperidine rings is 1. The number of rotatable bonds is 4. The van der Waals surface area contributed by atoms with Gasteiger partial charge in [0.1, 0.15) is 5.60 Å². The lowest BCUT2D eigenvalue weighted by molar-refractivity contribution is -0.154. The third-order valence-corrected chi connectivity index (χ3v) is 5.53. The molecule has 1 fully saturated rings. The summed E-state index contributed by atoms with van der Waals surface area (Å²) in [5.41, 5.74) is 1.87. The average molecular weight is 417 g/mol. The van der Waals surface area contributed by atoms with E-state index in [1.165, 1.54) is 5.56 Å². The standard InChI is InChI=1S/C23H32N2O5/c1-23(2,3)30-22(28)25-13-11-17(12-14-25)21(27)29-15-20(26)24-19-10-6-8-16-7-4-5-9-18(16)19/h4-5,7,9,17,19H,6,8,10-15H2,1-3H3,(H,24,26)/t19-/m1/s1. The first-order chi connectivity index (χ1) is 14.2. The minimum atomic E-state index is -0.543. The number of benzene rings is 1. The number of esters is 1. The number of likely N-dealkylation sites (tertiary alicyclic amines) is 1. The van der Waals surface area contributed by atoms with Gasteiger partial charge in [0.25, 0.3) is 5.91 Å². The summed E-state index contributed by atoms with van der Waals surface area (Å²) in [7, 11) is 0. The van der Waals surface area contributed by atoms with Gasteiger partial charge in [-0.2, -0.15) is 0 Å². The van der Waals surface area contributed by atoms with Crippen LogP contribution in [0.5, 0.6) is 0 Å². The number of carbonyl (C=O) groups is 3. The minimum absolute atomic E-state index is 0.0294. The summed E-state index contributed by atoms with van der Waals surface area (Å²) < 4.78 is 10.6. The highest BCUT2D eigenvalue weighted by molar-refractivity contribution is 5.81. The minimum Gasteiger partial charge on any atom is -0.455 e. The van der Waals surface area contributed by atoms with Gasteiger partial charge in [-0.15, -0.1) is 0 Å². The lowest BCUT2D eigenvalue weighted by Crippen LogP contribution is -2.43. The molecule has 0 bridgehead atoms. The molecule has 1 atom stereocenters. The molecule has 1 aliphatic heterocycles. The largest absolute Gasteiger partial charge is 0.455 e. The maximum atomic E-state index is 12.4. The quantitative estimate of drug-likeness (QED) is 0.761. The van der Waals surface area contributed by atoms with E-state index in [9.17, 15) is 14.4 Å². The molecule has 164 valence electrons. The predicted octanol–water partition coefficient (Wildman–Crippen LogP) is 3.37. The molecule has 1 aromatic rings. The van der Waals surface area contributed by atoms with E-state index in [4.69, 9.17) is 9.47 Å². The Kier molecular flexibility index (Phi) is 7.00. The fraction of sp³-hybridized carbons (Fsp3) is 0.609. The number of hydrogen-bond acceptors (Lipinski definition) is 5. The average Bonchev–Trinajstić information content (AvgIpc) is 2.71. The molecule has 0 spiro atoms. The first-order valence-corrected chi connectivity index (χ1v) is 10.7. The molecule has 2 amide bonds. The van der Waals surface area contributed by atoms with Crippen molar-refractivity contribution in [2.75, 3.05) is 19.7 Å². The van der Waals surface area contributed by atoms with Crippen molar-refractivity contribution in [2.24, 2.45) is 5.92 Å². The zero-order valence-electron chi connectivity index (χ0n) is 18.1. The van der Waals surface area contributed by atoms with Crippen LogP contribution in [0.4, 0.5) is 4.79 Å². The first-order valence-electron chi connectivity index (χ1n) is 10.7. The zero-order valence-corrected chi connectivity index (χ0v) is 18.1. The fourth-order valence-corrected chi connectivity index (χ4v) is 4.02. The third-order valence-electron chi connectivity index (χ3n) is 5.53. The molecular weight excluding hydrogens is 384 g/mol. The summed E-state index contributed by atoms with van der Waals surface area (Å²) in [6.07, 6.45) is 3.60. The van der Waals surface area contributed by atoms with E-state index in [1.807, 2.05) is 39.0 Å². The molecule has 1 saturated heterocycles. The molecule has 0 radical (unpaired) electrons. The molecule has 0 aromatic heterocycles. The van der Waals surface area contributed by atoms with Gasteiger partial charge in [0, 0.05) is 13.1 Å². The second-order valence-corrected chi connectivity index (χ2v) is 9.06. The van der Waals surface area contributed by atoms with Crippen LogP contribution in [-0.4, -0.2) is 48.2 Å². The summed E-state index contributed by atoms with van der Waals surface area (Å²) in [6, 6.07) is 8.10. The Morgan fingerprint density at radius 2 is 1.80 bits per heavy atom. The Hall–Kier alpha value is -2.57. The Bertz CT molecular complexity index is 778. The summed E-state index contributed by atoms with van der Waals surface area (Å²) in [4.78, 5) is 38.4.